The van der Waals surface area contributed by atoms with Crippen LogP contribution in [0.4, 0.5) is 0 Å². The highest BCUT2D eigenvalue weighted by molar-refractivity contribution is 5.93. The lowest BCUT2D eigenvalue weighted by atomic mass is 9.96. The second-order valence-corrected chi connectivity index (χ2v) is 3.91. The van der Waals surface area contributed by atoms with Crippen molar-refractivity contribution < 1.29 is 29.6 Å². The van der Waals surface area contributed by atoms with Gasteiger partial charge < -0.3 is 25.8 Å². The minimum Gasteiger partial charge on any atom is -0.496 e. The summed E-state index contributed by atoms with van der Waals surface area (Å²) in [6.07, 6.45) is -3.51. The Morgan fingerprint density at radius 3 is 2.47 bits per heavy atom. The summed E-state index contributed by atoms with van der Waals surface area (Å²) < 4.78 is 4.89. The largest absolute Gasteiger partial charge is 0.496 e. The van der Waals surface area contributed by atoms with Crippen molar-refractivity contribution in [2.24, 2.45) is 5.73 Å². The first-order chi connectivity index (χ1) is 8.88. The molecule has 0 saturated heterocycles. The Bertz CT molecular complexity index is 487. The summed E-state index contributed by atoms with van der Waals surface area (Å²) in [7, 11) is 1.29. The van der Waals surface area contributed by atoms with E-state index in [1.165, 1.54) is 25.3 Å². The third kappa shape index (κ3) is 3.43. The second-order valence-electron chi connectivity index (χ2n) is 3.91. The molecular weight excluding hydrogens is 254 g/mol. The van der Waals surface area contributed by atoms with Crippen molar-refractivity contribution in [1.82, 2.24) is 0 Å². The molecular formula is C12H15NO6. The molecule has 0 aliphatic rings. The third-order valence-electron chi connectivity index (χ3n) is 2.59. The Hall–Kier alpha value is -2.12. The van der Waals surface area contributed by atoms with Crippen LogP contribution in [0.5, 0.6) is 5.75 Å². The minimum atomic E-state index is -1.55. The van der Waals surface area contributed by atoms with Crippen molar-refractivity contribution >= 4 is 11.9 Å². The first-order valence-corrected chi connectivity index (χ1v) is 5.43. The molecule has 0 spiro atoms. The van der Waals surface area contributed by atoms with Gasteiger partial charge >= 0.3 is 5.97 Å². The highest BCUT2D eigenvalue weighted by Crippen LogP contribution is 2.29. The van der Waals surface area contributed by atoms with E-state index in [1.54, 1.807) is 0 Å². The van der Waals surface area contributed by atoms with E-state index < -0.39 is 30.5 Å². The molecule has 0 aromatic heterocycles. The van der Waals surface area contributed by atoms with Crippen LogP contribution in [0.15, 0.2) is 18.2 Å². The highest BCUT2D eigenvalue weighted by Gasteiger charge is 2.27. The fraction of sp³-hybridized carbons (Fsp3) is 0.333. The van der Waals surface area contributed by atoms with Crippen molar-refractivity contribution in [3.63, 3.8) is 0 Å². The first kappa shape index (κ1) is 14.9. The number of benzene rings is 1. The number of hydrogen-bond acceptors (Lipinski definition) is 5. The van der Waals surface area contributed by atoms with Crippen molar-refractivity contribution in [1.29, 1.82) is 0 Å². The maximum absolute atomic E-state index is 11.2. The van der Waals surface area contributed by atoms with Crippen LogP contribution in [0.25, 0.3) is 0 Å². The van der Waals surface area contributed by atoms with Crippen LogP contribution in [0.1, 0.15) is 28.4 Å². The molecule has 1 amide bonds. The summed E-state index contributed by atoms with van der Waals surface area (Å²) in [6.45, 7) is 0. The lowest BCUT2D eigenvalue weighted by molar-refractivity contribution is -0.121. The normalized spacial score (nSPS) is 13.6. The molecule has 104 valence electrons. The highest BCUT2D eigenvalue weighted by atomic mass is 16.5. The summed E-state index contributed by atoms with van der Waals surface area (Å²) in [5, 5.41) is 28.7. The fourth-order valence-corrected chi connectivity index (χ4v) is 1.72. The average Bonchev–Trinajstić information content (AvgIpc) is 2.35. The Balaban J connectivity index is 3.18. The van der Waals surface area contributed by atoms with Gasteiger partial charge in [0.1, 0.15) is 17.4 Å². The lowest BCUT2D eigenvalue weighted by Crippen LogP contribution is -2.26. The molecule has 2 unspecified atom stereocenters. The maximum atomic E-state index is 11.2. The Morgan fingerprint density at radius 2 is 2.00 bits per heavy atom. The van der Waals surface area contributed by atoms with Crippen molar-refractivity contribution in [2.45, 2.75) is 18.6 Å². The van der Waals surface area contributed by atoms with Gasteiger partial charge in [-0.15, -0.1) is 0 Å². The zero-order valence-corrected chi connectivity index (χ0v) is 10.2. The first-order valence-electron chi connectivity index (χ1n) is 5.43. The molecule has 0 bridgehead atoms. The second kappa shape index (κ2) is 6.17. The molecule has 19 heavy (non-hydrogen) atoms. The van der Waals surface area contributed by atoms with Crippen LogP contribution >= 0.6 is 0 Å². The monoisotopic (exact) mass is 269 g/mol. The summed E-state index contributed by atoms with van der Waals surface area (Å²) in [5.41, 5.74) is 4.61. The van der Waals surface area contributed by atoms with Gasteiger partial charge in [-0.1, -0.05) is 12.1 Å². The lowest BCUT2D eigenvalue weighted by Gasteiger charge is -2.19. The van der Waals surface area contributed by atoms with Gasteiger partial charge in [-0.25, -0.2) is 4.79 Å². The number of aliphatic hydroxyl groups excluding tert-OH is 2. The standard InChI is InChI=1S/C12H15NO6/c1-19-8-4-2-3-6(10(8)12(17)18)11(16)7(14)5-9(13)15/h2-4,7,11,14,16H,5H2,1H3,(H2,13,15)(H,17,18). The SMILES string of the molecule is COc1cccc(C(O)C(O)CC(N)=O)c1C(=O)O. The summed E-state index contributed by atoms with van der Waals surface area (Å²) >= 11 is 0. The van der Waals surface area contributed by atoms with Gasteiger partial charge in [0.15, 0.2) is 0 Å². The molecule has 1 aromatic carbocycles. The number of carbonyl (C=O) groups excluding carboxylic acids is 1. The molecule has 0 heterocycles. The van der Waals surface area contributed by atoms with Crippen LogP contribution in [-0.2, 0) is 4.79 Å². The van der Waals surface area contributed by atoms with Crippen LogP contribution in [-0.4, -0.2) is 40.4 Å². The number of methoxy groups -OCH3 is 1. The molecule has 5 N–H and O–H groups in total. The number of nitrogens with two attached hydrogens (primary N) is 1. The van der Waals surface area contributed by atoms with Crippen LogP contribution in [0, 0.1) is 0 Å². The predicted molar refractivity (Wildman–Crippen MR) is 64.7 cm³/mol. The van der Waals surface area contributed by atoms with Crippen LogP contribution in [0.3, 0.4) is 0 Å². The number of rotatable bonds is 6. The van der Waals surface area contributed by atoms with E-state index in [-0.39, 0.29) is 16.9 Å². The number of carbonyl (C=O) groups is 2. The molecule has 1 rings (SSSR count). The van der Waals surface area contributed by atoms with E-state index in [2.05, 4.69) is 0 Å². The minimum absolute atomic E-state index is 0.0411. The number of hydrogen-bond donors (Lipinski definition) is 4. The molecule has 7 heteroatoms. The predicted octanol–water partition coefficient (Wildman–Crippen LogP) is -0.337. The molecule has 0 radical (unpaired) electrons. The quantitative estimate of drug-likeness (QED) is 0.559. The van der Waals surface area contributed by atoms with E-state index in [9.17, 15) is 19.8 Å². The van der Waals surface area contributed by atoms with Crippen molar-refractivity contribution in [3.8, 4) is 5.75 Å². The summed E-state index contributed by atoms with van der Waals surface area (Å²) in [4.78, 5) is 21.9. The number of carboxylic acid groups (broad SMARTS) is 1. The molecule has 2 atom stereocenters. The Morgan fingerprint density at radius 1 is 1.37 bits per heavy atom. The van der Waals surface area contributed by atoms with E-state index >= 15 is 0 Å². The van der Waals surface area contributed by atoms with E-state index in [1.807, 2.05) is 0 Å². The van der Waals surface area contributed by atoms with Crippen LogP contribution in [0.2, 0.25) is 0 Å². The van der Waals surface area contributed by atoms with Gasteiger partial charge in [0.2, 0.25) is 5.91 Å². The topological polar surface area (TPSA) is 130 Å². The zero-order chi connectivity index (χ0) is 14.6. The molecule has 1 aromatic rings. The molecule has 0 saturated carbocycles. The van der Waals surface area contributed by atoms with Crippen molar-refractivity contribution in [2.75, 3.05) is 7.11 Å². The van der Waals surface area contributed by atoms with Crippen LogP contribution < -0.4 is 10.5 Å². The van der Waals surface area contributed by atoms with Gasteiger partial charge in [-0.2, -0.15) is 0 Å². The molecule has 0 aliphatic heterocycles. The number of ether oxygens (including phenoxy) is 1. The zero-order valence-electron chi connectivity index (χ0n) is 10.2. The number of carboxylic acids is 1. The molecule has 0 aliphatic carbocycles. The van der Waals surface area contributed by atoms with Gasteiger partial charge in [-0.3, -0.25) is 4.79 Å². The van der Waals surface area contributed by atoms with E-state index in [0.29, 0.717) is 0 Å². The van der Waals surface area contributed by atoms with Gasteiger partial charge in [-0.05, 0) is 6.07 Å². The summed E-state index contributed by atoms with van der Waals surface area (Å²) in [5.74, 6) is -2.06. The molecule has 7 nitrogen and oxygen atoms in total. The fourth-order valence-electron chi connectivity index (χ4n) is 1.72. The molecule has 0 fully saturated rings. The maximum Gasteiger partial charge on any atom is 0.339 e. The number of aliphatic hydroxyl groups is 2. The van der Waals surface area contributed by atoms with E-state index in [0.717, 1.165) is 0 Å². The average molecular weight is 269 g/mol. The third-order valence-corrected chi connectivity index (χ3v) is 2.59. The van der Waals surface area contributed by atoms with E-state index in [4.69, 9.17) is 15.6 Å². The smallest absolute Gasteiger partial charge is 0.339 e. The number of primary amides is 1. The summed E-state index contributed by atoms with van der Waals surface area (Å²) in [6, 6.07) is 4.22. The van der Waals surface area contributed by atoms with Gasteiger partial charge in [0.25, 0.3) is 0 Å². The van der Waals surface area contributed by atoms with Gasteiger partial charge in [0, 0.05) is 5.56 Å². The van der Waals surface area contributed by atoms with Gasteiger partial charge in [0.05, 0.1) is 19.6 Å². The number of amides is 1. The Kier molecular flexibility index (Phi) is 4.85. The Labute approximate surface area is 109 Å². The van der Waals surface area contributed by atoms with Crippen molar-refractivity contribution in [3.05, 3.63) is 29.3 Å². The number of aromatic carboxylic acids is 1.